The lowest BCUT2D eigenvalue weighted by Crippen LogP contribution is -2.21. The highest BCUT2D eigenvalue weighted by Crippen LogP contribution is 2.36. The Hall–Kier alpha value is -2.55. The van der Waals surface area contributed by atoms with Gasteiger partial charge in [-0.1, -0.05) is 57.2 Å². The molecule has 0 saturated heterocycles. The van der Waals surface area contributed by atoms with Crippen molar-refractivity contribution in [1.82, 2.24) is 4.57 Å². The van der Waals surface area contributed by atoms with E-state index in [9.17, 15) is 9.90 Å². The fourth-order valence-corrected chi connectivity index (χ4v) is 3.23. The lowest BCUT2D eigenvalue weighted by Gasteiger charge is -2.24. The summed E-state index contributed by atoms with van der Waals surface area (Å²) in [5, 5.41) is 10.9. The highest BCUT2D eigenvalue weighted by Gasteiger charge is 2.29. The molecule has 0 amide bonds. The van der Waals surface area contributed by atoms with Gasteiger partial charge in [0.25, 0.3) is 0 Å². The molecule has 2 aromatic carbocycles. The molecular formula is C21H23NO2. The Morgan fingerprint density at radius 2 is 1.67 bits per heavy atom. The van der Waals surface area contributed by atoms with Crippen molar-refractivity contribution in [3.05, 3.63) is 66.4 Å². The third-order valence-electron chi connectivity index (χ3n) is 4.23. The molecule has 3 aromatic rings. The Bertz CT molecular complexity index is 856. The average Bonchev–Trinajstić information content (AvgIpc) is 2.91. The van der Waals surface area contributed by atoms with Crippen molar-refractivity contribution in [2.24, 2.45) is 5.41 Å². The summed E-state index contributed by atoms with van der Waals surface area (Å²) in [5.74, 6) is -1.32. The number of carboxylic acid groups (broad SMARTS) is 1. The van der Waals surface area contributed by atoms with Crippen LogP contribution in [-0.2, 0) is 4.79 Å². The van der Waals surface area contributed by atoms with Crippen molar-refractivity contribution in [3.8, 4) is 5.69 Å². The fourth-order valence-electron chi connectivity index (χ4n) is 3.23. The first kappa shape index (κ1) is 16.3. The standard InChI is InChI=1S/C21H23NO2/c1-21(2,3)14-17(20(23)24)19-13-15-9-7-8-12-18(15)22(19)16-10-5-4-6-11-16/h4-13,17H,14H2,1-3H3,(H,23,24). The molecule has 0 radical (unpaired) electrons. The molecule has 3 nitrogen and oxygen atoms in total. The summed E-state index contributed by atoms with van der Waals surface area (Å²) >= 11 is 0. The molecule has 1 N–H and O–H groups in total. The number of aromatic nitrogens is 1. The van der Waals surface area contributed by atoms with E-state index in [4.69, 9.17) is 0 Å². The number of benzene rings is 2. The summed E-state index contributed by atoms with van der Waals surface area (Å²) in [6, 6.07) is 20.0. The van der Waals surface area contributed by atoms with Crippen LogP contribution in [0.25, 0.3) is 16.6 Å². The zero-order valence-corrected chi connectivity index (χ0v) is 14.4. The summed E-state index contributed by atoms with van der Waals surface area (Å²) in [6.45, 7) is 6.25. The van der Waals surface area contributed by atoms with E-state index in [2.05, 4.69) is 25.3 Å². The Labute approximate surface area is 142 Å². The first-order chi connectivity index (χ1) is 11.4. The van der Waals surface area contributed by atoms with Gasteiger partial charge in [0.15, 0.2) is 0 Å². The van der Waals surface area contributed by atoms with E-state index in [1.165, 1.54) is 0 Å². The predicted molar refractivity (Wildman–Crippen MR) is 97.7 cm³/mol. The number of fused-ring (bicyclic) bond motifs is 1. The molecule has 0 aliphatic rings. The van der Waals surface area contributed by atoms with Gasteiger partial charge in [-0.05, 0) is 36.1 Å². The Kier molecular flexibility index (Phi) is 4.18. The van der Waals surface area contributed by atoms with Crippen molar-refractivity contribution in [3.63, 3.8) is 0 Å². The molecule has 1 unspecified atom stereocenters. The maximum absolute atomic E-state index is 12.0. The van der Waals surface area contributed by atoms with Crippen LogP contribution in [0.15, 0.2) is 60.7 Å². The molecular weight excluding hydrogens is 298 g/mol. The van der Waals surface area contributed by atoms with E-state index in [1.807, 2.05) is 60.7 Å². The Morgan fingerprint density at radius 3 is 2.29 bits per heavy atom. The highest BCUT2D eigenvalue weighted by atomic mass is 16.4. The minimum absolute atomic E-state index is 0.0684. The number of nitrogens with zero attached hydrogens (tertiary/aromatic N) is 1. The third-order valence-corrected chi connectivity index (χ3v) is 4.23. The normalized spacial score (nSPS) is 13.1. The highest BCUT2D eigenvalue weighted by molar-refractivity contribution is 5.86. The summed E-state index contributed by atoms with van der Waals surface area (Å²) in [5.41, 5.74) is 2.80. The molecule has 1 heterocycles. The quantitative estimate of drug-likeness (QED) is 0.714. The molecule has 0 aliphatic carbocycles. The second-order valence-corrected chi connectivity index (χ2v) is 7.45. The number of hydrogen-bond donors (Lipinski definition) is 1. The number of hydrogen-bond acceptors (Lipinski definition) is 1. The van der Waals surface area contributed by atoms with Crippen molar-refractivity contribution in [2.75, 3.05) is 0 Å². The van der Waals surface area contributed by atoms with Crippen LogP contribution in [0.3, 0.4) is 0 Å². The minimum Gasteiger partial charge on any atom is -0.481 e. The first-order valence-corrected chi connectivity index (χ1v) is 8.25. The largest absolute Gasteiger partial charge is 0.481 e. The number of rotatable bonds is 4. The maximum atomic E-state index is 12.0. The molecule has 0 bridgehead atoms. The van der Waals surface area contributed by atoms with Crippen LogP contribution in [-0.4, -0.2) is 15.6 Å². The van der Waals surface area contributed by atoms with Gasteiger partial charge in [0.2, 0.25) is 0 Å². The zero-order chi connectivity index (χ0) is 17.3. The van der Waals surface area contributed by atoms with Gasteiger partial charge in [0.1, 0.15) is 0 Å². The van der Waals surface area contributed by atoms with Crippen LogP contribution in [0.1, 0.15) is 38.8 Å². The van der Waals surface area contributed by atoms with E-state index >= 15 is 0 Å². The first-order valence-electron chi connectivity index (χ1n) is 8.25. The van der Waals surface area contributed by atoms with Crippen molar-refractivity contribution in [1.29, 1.82) is 0 Å². The van der Waals surface area contributed by atoms with Crippen molar-refractivity contribution < 1.29 is 9.90 Å². The van der Waals surface area contributed by atoms with Crippen LogP contribution in [0.5, 0.6) is 0 Å². The molecule has 1 aromatic heterocycles. The molecule has 0 aliphatic heterocycles. The molecule has 3 heteroatoms. The van der Waals surface area contributed by atoms with Crippen LogP contribution in [0.4, 0.5) is 0 Å². The lowest BCUT2D eigenvalue weighted by atomic mass is 9.83. The molecule has 1 atom stereocenters. The van der Waals surface area contributed by atoms with Gasteiger partial charge in [-0.3, -0.25) is 4.79 Å². The van der Waals surface area contributed by atoms with Gasteiger partial charge in [-0.2, -0.15) is 0 Å². The van der Waals surface area contributed by atoms with E-state index < -0.39 is 11.9 Å². The monoisotopic (exact) mass is 321 g/mol. The topological polar surface area (TPSA) is 42.2 Å². The van der Waals surface area contributed by atoms with Gasteiger partial charge in [0.05, 0.1) is 11.4 Å². The molecule has 124 valence electrons. The molecule has 0 saturated carbocycles. The SMILES string of the molecule is CC(C)(C)CC(C(=O)O)c1cc2ccccc2n1-c1ccccc1. The van der Waals surface area contributed by atoms with E-state index in [1.54, 1.807) is 0 Å². The Morgan fingerprint density at radius 1 is 1.04 bits per heavy atom. The number of carboxylic acids is 1. The van der Waals surface area contributed by atoms with Gasteiger partial charge in [0, 0.05) is 16.8 Å². The lowest BCUT2D eigenvalue weighted by molar-refractivity contribution is -0.139. The smallest absolute Gasteiger partial charge is 0.312 e. The van der Waals surface area contributed by atoms with Crippen molar-refractivity contribution >= 4 is 16.9 Å². The third kappa shape index (κ3) is 3.21. The predicted octanol–water partition coefficient (Wildman–Crippen LogP) is 5.23. The maximum Gasteiger partial charge on any atom is 0.312 e. The number of aliphatic carboxylic acids is 1. The van der Waals surface area contributed by atoms with Gasteiger partial charge >= 0.3 is 5.97 Å². The van der Waals surface area contributed by atoms with Crippen LogP contribution in [0, 0.1) is 5.41 Å². The molecule has 24 heavy (non-hydrogen) atoms. The second kappa shape index (κ2) is 6.16. The van der Waals surface area contributed by atoms with Gasteiger partial charge < -0.3 is 9.67 Å². The van der Waals surface area contributed by atoms with E-state index in [0.29, 0.717) is 6.42 Å². The summed E-state index contributed by atoms with van der Waals surface area (Å²) in [6.07, 6.45) is 0.589. The fraction of sp³-hybridized carbons (Fsp3) is 0.286. The minimum atomic E-state index is -0.773. The van der Waals surface area contributed by atoms with Crippen LogP contribution >= 0.6 is 0 Å². The zero-order valence-electron chi connectivity index (χ0n) is 14.4. The Balaban J connectivity index is 2.25. The van der Waals surface area contributed by atoms with E-state index in [-0.39, 0.29) is 5.41 Å². The molecule has 3 rings (SSSR count). The summed E-state index contributed by atoms with van der Waals surface area (Å²) < 4.78 is 2.08. The summed E-state index contributed by atoms with van der Waals surface area (Å²) in [4.78, 5) is 12.0. The van der Waals surface area contributed by atoms with Crippen molar-refractivity contribution in [2.45, 2.75) is 33.1 Å². The molecule has 0 spiro atoms. The number of para-hydroxylation sites is 2. The van der Waals surface area contributed by atoms with Crippen LogP contribution in [0.2, 0.25) is 0 Å². The average molecular weight is 321 g/mol. The van der Waals surface area contributed by atoms with Gasteiger partial charge in [-0.15, -0.1) is 0 Å². The van der Waals surface area contributed by atoms with E-state index in [0.717, 1.165) is 22.3 Å². The van der Waals surface area contributed by atoms with Crippen LogP contribution < -0.4 is 0 Å². The summed E-state index contributed by atoms with van der Waals surface area (Å²) in [7, 11) is 0. The second-order valence-electron chi connectivity index (χ2n) is 7.45. The number of carbonyl (C=O) groups is 1. The molecule has 0 fully saturated rings. The van der Waals surface area contributed by atoms with Gasteiger partial charge in [-0.25, -0.2) is 0 Å².